The van der Waals surface area contributed by atoms with Gasteiger partial charge in [-0.15, -0.1) is 0 Å². The molecule has 0 radical (unpaired) electrons. The van der Waals surface area contributed by atoms with E-state index in [2.05, 4.69) is 4.74 Å². The topological polar surface area (TPSA) is 116 Å². The van der Waals surface area contributed by atoms with Crippen LogP contribution in [-0.2, 0) is 9.53 Å². The molecule has 102 valence electrons. The third-order valence-corrected chi connectivity index (χ3v) is 2.46. The predicted molar refractivity (Wildman–Crippen MR) is 66.9 cm³/mol. The Bertz CT molecular complexity index is 529. The third kappa shape index (κ3) is 3.41. The minimum atomic E-state index is -0.759. The van der Waals surface area contributed by atoms with Gasteiger partial charge in [-0.3, -0.25) is 19.7 Å². The van der Waals surface area contributed by atoms with Gasteiger partial charge >= 0.3 is 5.97 Å². The van der Waals surface area contributed by atoms with E-state index in [0.717, 1.165) is 6.07 Å². The number of esters is 1. The Labute approximate surface area is 108 Å². The van der Waals surface area contributed by atoms with Crippen LogP contribution in [0.5, 0.6) is 0 Å². The minimum absolute atomic E-state index is 0.0296. The summed E-state index contributed by atoms with van der Waals surface area (Å²) >= 11 is 0. The van der Waals surface area contributed by atoms with Crippen LogP contribution in [0.1, 0.15) is 10.4 Å². The first kappa shape index (κ1) is 14.4. The normalized spacial score (nSPS) is 9.79. The molecule has 0 unspecified atom stereocenters. The van der Waals surface area contributed by atoms with Crippen LogP contribution in [0, 0.1) is 10.1 Å². The van der Waals surface area contributed by atoms with Gasteiger partial charge in [0.05, 0.1) is 12.0 Å². The summed E-state index contributed by atoms with van der Waals surface area (Å²) in [6.45, 7) is -0.146. The maximum Gasteiger partial charge on any atom is 0.325 e. The van der Waals surface area contributed by atoms with E-state index in [1.807, 2.05) is 0 Å². The molecule has 1 amide bonds. The number of anilines is 1. The lowest BCUT2D eigenvalue weighted by atomic mass is 10.1. The Balaban J connectivity index is 3.16. The van der Waals surface area contributed by atoms with Crippen molar-refractivity contribution in [3.05, 3.63) is 33.9 Å². The number of methoxy groups -OCH3 is 1. The summed E-state index contributed by atoms with van der Waals surface area (Å²) in [5.74, 6) is -1.29. The van der Waals surface area contributed by atoms with Gasteiger partial charge in [0.25, 0.3) is 5.69 Å². The average Bonchev–Trinajstić information content (AvgIpc) is 2.37. The number of hydrogen-bond acceptors (Lipinski definition) is 6. The lowest BCUT2D eigenvalue weighted by molar-refractivity contribution is -0.384. The maximum atomic E-state index is 11.1. The van der Waals surface area contributed by atoms with Gasteiger partial charge in [-0.1, -0.05) is 0 Å². The molecular formula is C11H13N3O5. The van der Waals surface area contributed by atoms with E-state index in [1.54, 1.807) is 0 Å². The van der Waals surface area contributed by atoms with E-state index in [1.165, 1.54) is 31.2 Å². The van der Waals surface area contributed by atoms with E-state index in [0.29, 0.717) is 0 Å². The van der Waals surface area contributed by atoms with Gasteiger partial charge in [-0.25, -0.2) is 0 Å². The predicted octanol–water partition coefficient (Wildman–Crippen LogP) is 0.303. The number of nitro groups is 1. The van der Waals surface area contributed by atoms with Crippen LogP contribution < -0.4 is 10.6 Å². The highest BCUT2D eigenvalue weighted by Crippen LogP contribution is 2.28. The van der Waals surface area contributed by atoms with Gasteiger partial charge in [-0.2, -0.15) is 0 Å². The van der Waals surface area contributed by atoms with Crippen molar-refractivity contribution in [3.63, 3.8) is 0 Å². The van der Waals surface area contributed by atoms with Gasteiger partial charge in [0.1, 0.15) is 12.2 Å². The SMILES string of the molecule is COC(=O)CN(C)c1ccc(C(N)=O)cc1[N+](=O)[O-]. The summed E-state index contributed by atoms with van der Waals surface area (Å²) in [7, 11) is 2.73. The Morgan fingerprint density at radius 1 is 1.47 bits per heavy atom. The van der Waals surface area contributed by atoms with E-state index in [4.69, 9.17) is 5.73 Å². The fourth-order valence-corrected chi connectivity index (χ4v) is 1.49. The summed E-state index contributed by atoms with van der Waals surface area (Å²) in [6.07, 6.45) is 0. The minimum Gasteiger partial charge on any atom is -0.468 e. The Morgan fingerprint density at radius 3 is 2.58 bits per heavy atom. The molecule has 19 heavy (non-hydrogen) atoms. The molecule has 1 rings (SSSR count). The lowest BCUT2D eigenvalue weighted by Crippen LogP contribution is -2.27. The number of amides is 1. The molecule has 2 N–H and O–H groups in total. The van der Waals surface area contributed by atoms with Gasteiger partial charge in [-0.05, 0) is 12.1 Å². The second kappa shape index (κ2) is 5.80. The smallest absolute Gasteiger partial charge is 0.325 e. The molecule has 8 heteroatoms. The van der Waals surface area contributed by atoms with E-state index >= 15 is 0 Å². The number of nitrogens with zero attached hydrogens (tertiary/aromatic N) is 2. The van der Waals surface area contributed by atoms with Crippen molar-refractivity contribution in [2.24, 2.45) is 5.73 Å². The van der Waals surface area contributed by atoms with Crippen LogP contribution in [0.2, 0.25) is 0 Å². The van der Waals surface area contributed by atoms with Crippen LogP contribution in [0.25, 0.3) is 0 Å². The number of benzene rings is 1. The van der Waals surface area contributed by atoms with Crippen molar-refractivity contribution in [1.82, 2.24) is 0 Å². The van der Waals surface area contributed by atoms with Crippen molar-refractivity contribution in [2.75, 3.05) is 25.6 Å². The van der Waals surface area contributed by atoms with Crippen molar-refractivity contribution in [3.8, 4) is 0 Å². The van der Waals surface area contributed by atoms with Crippen LogP contribution >= 0.6 is 0 Å². The number of primary amides is 1. The zero-order chi connectivity index (χ0) is 14.6. The average molecular weight is 267 g/mol. The summed E-state index contributed by atoms with van der Waals surface area (Å²) in [6, 6.07) is 3.80. The Kier molecular flexibility index (Phi) is 4.41. The molecule has 8 nitrogen and oxygen atoms in total. The highest BCUT2D eigenvalue weighted by Gasteiger charge is 2.20. The van der Waals surface area contributed by atoms with Crippen molar-refractivity contribution in [1.29, 1.82) is 0 Å². The number of nitro benzene ring substituents is 1. The molecule has 0 saturated carbocycles. The molecule has 0 aliphatic carbocycles. The molecule has 0 aliphatic rings. The van der Waals surface area contributed by atoms with Crippen LogP contribution in [0.3, 0.4) is 0 Å². The van der Waals surface area contributed by atoms with Crippen molar-refractivity contribution >= 4 is 23.3 Å². The summed E-state index contributed by atoms with van der Waals surface area (Å²) in [5.41, 5.74) is 4.98. The van der Waals surface area contributed by atoms with E-state index < -0.39 is 16.8 Å². The van der Waals surface area contributed by atoms with Crippen molar-refractivity contribution in [2.45, 2.75) is 0 Å². The highest BCUT2D eigenvalue weighted by atomic mass is 16.6. The molecule has 0 saturated heterocycles. The molecule has 0 heterocycles. The highest BCUT2D eigenvalue weighted by molar-refractivity contribution is 5.94. The molecule has 0 atom stereocenters. The number of carbonyl (C=O) groups excluding carboxylic acids is 2. The van der Waals surface area contributed by atoms with Crippen LogP contribution in [0.15, 0.2) is 18.2 Å². The van der Waals surface area contributed by atoms with Gasteiger partial charge in [0.2, 0.25) is 5.91 Å². The number of hydrogen-bond donors (Lipinski definition) is 1. The number of ether oxygens (including phenoxy) is 1. The second-order valence-electron chi connectivity index (χ2n) is 3.76. The fourth-order valence-electron chi connectivity index (χ4n) is 1.49. The number of rotatable bonds is 5. The molecule has 0 aromatic heterocycles. The molecule has 0 aliphatic heterocycles. The first-order valence-corrected chi connectivity index (χ1v) is 5.23. The zero-order valence-electron chi connectivity index (χ0n) is 10.5. The van der Waals surface area contributed by atoms with Crippen LogP contribution in [-0.4, -0.2) is 37.5 Å². The summed E-state index contributed by atoms with van der Waals surface area (Å²) in [4.78, 5) is 33.8. The quantitative estimate of drug-likeness (QED) is 0.466. The molecule has 0 fully saturated rings. The molecule has 1 aromatic rings. The first-order chi connectivity index (χ1) is 8.86. The Hall–Kier alpha value is -2.64. The molecular weight excluding hydrogens is 254 g/mol. The van der Waals surface area contributed by atoms with E-state index in [9.17, 15) is 19.7 Å². The number of nitrogens with two attached hydrogens (primary N) is 1. The molecule has 0 bridgehead atoms. The number of likely N-dealkylation sites (N-methyl/N-ethyl adjacent to an activating group) is 1. The Morgan fingerprint density at radius 2 is 2.11 bits per heavy atom. The van der Waals surface area contributed by atoms with Crippen LogP contribution in [0.4, 0.5) is 11.4 Å². The van der Waals surface area contributed by atoms with Gasteiger partial charge in [0.15, 0.2) is 0 Å². The maximum absolute atomic E-state index is 11.1. The van der Waals surface area contributed by atoms with Crippen molar-refractivity contribution < 1.29 is 19.2 Å². The third-order valence-electron chi connectivity index (χ3n) is 2.46. The summed E-state index contributed by atoms with van der Waals surface area (Å²) < 4.78 is 4.48. The molecule has 1 aromatic carbocycles. The fraction of sp³-hybridized carbons (Fsp3) is 0.273. The largest absolute Gasteiger partial charge is 0.468 e. The summed E-state index contributed by atoms with van der Waals surface area (Å²) in [5, 5.41) is 11.0. The first-order valence-electron chi connectivity index (χ1n) is 5.23. The lowest BCUT2D eigenvalue weighted by Gasteiger charge is -2.17. The molecule has 0 spiro atoms. The van der Waals surface area contributed by atoms with E-state index in [-0.39, 0.29) is 23.5 Å². The second-order valence-corrected chi connectivity index (χ2v) is 3.76. The van der Waals surface area contributed by atoms with Gasteiger partial charge in [0, 0.05) is 18.7 Å². The van der Waals surface area contributed by atoms with Gasteiger partial charge < -0.3 is 15.4 Å². The number of carbonyl (C=O) groups is 2. The monoisotopic (exact) mass is 267 g/mol. The zero-order valence-corrected chi connectivity index (χ0v) is 10.5. The standard InChI is InChI=1S/C11H13N3O5/c1-13(6-10(15)19-2)8-4-3-7(11(12)16)5-9(8)14(17)18/h3-5H,6H2,1-2H3,(H2,12,16).